The van der Waals surface area contributed by atoms with Crippen LogP contribution in [0.2, 0.25) is 5.02 Å². The van der Waals surface area contributed by atoms with Crippen molar-refractivity contribution in [3.63, 3.8) is 0 Å². The van der Waals surface area contributed by atoms with Crippen molar-refractivity contribution < 1.29 is 34.1 Å². The average molecular weight is 847 g/mol. The molecule has 11 nitrogen and oxygen atoms in total. The number of ether oxygens (including phenoxy) is 2. The Morgan fingerprint density at radius 1 is 1.00 bits per heavy atom. The summed E-state index contributed by atoms with van der Waals surface area (Å²) in [4.78, 5) is 46.0. The van der Waals surface area contributed by atoms with Gasteiger partial charge >= 0.3 is 11.9 Å². The molecular formula is C49H55ClN4O7. The molecule has 0 saturated heterocycles. The second-order valence-electron chi connectivity index (χ2n) is 17.6. The van der Waals surface area contributed by atoms with E-state index in [1.807, 2.05) is 42.6 Å². The molecule has 3 aromatic carbocycles. The summed E-state index contributed by atoms with van der Waals surface area (Å²) in [5.41, 5.74) is 5.54. The number of carbonyl (C=O) groups excluding carboxylic acids is 1. The van der Waals surface area contributed by atoms with Crippen molar-refractivity contribution in [2.45, 2.75) is 107 Å². The minimum absolute atomic E-state index is 0.102. The van der Waals surface area contributed by atoms with Crippen LogP contribution in [-0.4, -0.2) is 56.8 Å². The number of halogens is 1. The number of rotatable bonds is 16. The van der Waals surface area contributed by atoms with E-state index in [1.54, 1.807) is 30.5 Å². The number of nitrogens with one attached hydrogen (secondary N) is 3. The van der Waals surface area contributed by atoms with Crippen LogP contribution in [0.15, 0.2) is 85.2 Å². The van der Waals surface area contributed by atoms with Crippen LogP contribution in [0.25, 0.3) is 10.9 Å². The highest BCUT2D eigenvalue weighted by atomic mass is 35.5. The van der Waals surface area contributed by atoms with E-state index in [-0.39, 0.29) is 36.2 Å². The lowest BCUT2D eigenvalue weighted by Crippen LogP contribution is -2.53. The molecule has 1 saturated carbocycles. The summed E-state index contributed by atoms with van der Waals surface area (Å²) >= 11 is 6.30. The lowest BCUT2D eigenvalue weighted by molar-refractivity contribution is -0.144. The highest BCUT2D eigenvalue weighted by Gasteiger charge is 2.54. The van der Waals surface area contributed by atoms with Crippen LogP contribution in [0.5, 0.6) is 11.5 Å². The Morgan fingerprint density at radius 2 is 1.84 bits per heavy atom. The maximum atomic E-state index is 13.1. The molecule has 1 fully saturated rings. The van der Waals surface area contributed by atoms with Crippen molar-refractivity contribution in [1.82, 2.24) is 15.3 Å². The van der Waals surface area contributed by atoms with Crippen molar-refractivity contribution in [1.29, 1.82) is 0 Å². The summed E-state index contributed by atoms with van der Waals surface area (Å²) in [6.07, 6.45) is 11.5. The molecule has 5 N–H and O–H groups in total. The van der Waals surface area contributed by atoms with Crippen molar-refractivity contribution >= 4 is 46.0 Å². The van der Waals surface area contributed by atoms with Crippen molar-refractivity contribution in [3.05, 3.63) is 118 Å². The molecule has 3 aliphatic carbocycles. The number of H-pyrrole nitrogens is 1. The van der Waals surface area contributed by atoms with E-state index >= 15 is 0 Å². The van der Waals surface area contributed by atoms with E-state index in [4.69, 9.17) is 21.1 Å². The third kappa shape index (κ3) is 8.94. The fraction of sp³-hybridized carbons (Fsp3) is 0.429. The monoisotopic (exact) mass is 846 g/mol. The molecule has 0 unspecified atom stereocenters. The number of aromatic amines is 1. The van der Waals surface area contributed by atoms with Crippen LogP contribution in [0.1, 0.15) is 112 Å². The number of aryl methyl sites for hydroxylation is 1. The van der Waals surface area contributed by atoms with Gasteiger partial charge in [0.1, 0.15) is 17.0 Å². The van der Waals surface area contributed by atoms with E-state index in [2.05, 4.69) is 46.6 Å². The Kier molecular flexibility index (Phi) is 12.3. The van der Waals surface area contributed by atoms with E-state index in [0.29, 0.717) is 66.7 Å². The van der Waals surface area contributed by atoms with Gasteiger partial charge in [0.2, 0.25) is 5.91 Å². The van der Waals surface area contributed by atoms with Gasteiger partial charge in [-0.15, -0.1) is 0 Å². The maximum absolute atomic E-state index is 13.1. The number of aromatic nitrogens is 2. The molecule has 61 heavy (non-hydrogen) atoms. The number of fused-ring (bicyclic) bond motifs is 4. The molecule has 12 heteroatoms. The number of anilines is 1. The van der Waals surface area contributed by atoms with Gasteiger partial charge in [0.25, 0.3) is 0 Å². The van der Waals surface area contributed by atoms with E-state index in [1.165, 1.54) is 16.7 Å². The summed E-state index contributed by atoms with van der Waals surface area (Å²) < 4.78 is 12.9. The molecular weight excluding hydrogens is 792 g/mol. The topological polar surface area (TPSA) is 163 Å². The van der Waals surface area contributed by atoms with Crippen LogP contribution in [0.3, 0.4) is 0 Å². The number of pyridine rings is 1. The summed E-state index contributed by atoms with van der Waals surface area (Å²) in [7, 11) is 0. The van der Waals surface area contributed by atoms with Crippen molar-refractivity contribution in [3.8, 4) is 11.5 Å². The lowest BCUT2D eigenvalue weighted by Gasteiger charge is -2.47. The molecule has 320 valence electrons. The van der Waals surface area contributed by atoms with Gasteiger partial charge in [0, 0.05) is 46.3 Å². The lowest BCUT2D eigenvalue weighted by atomic mass is 9.59. The Bertz CT molecular complexity index is 2410. The number of amides is 1. The minimum atomic E-state index is -1.16. The third-order valence-electron chi connectivity index (χ3n) is 13.5. The third-order valence-corrected chi connectivity index (χ3v) is 13.8. The first kappa shape index (κ1) is 42.2. The Labute approximate surface area is 361 Å². The number of carbonyl (C=O) groups is 3. The molecule has 1 amide bonds. The molecule has 5 aromatic rings. The van der Waals surface area contributed by atoms with Gasteiger partial charge in [0.15, 0.2) is 6.04 Å². The number of hydrogen-bond donors (Lipinski definition) is 5. The zero-order valence-electron chi connectivity index (χ0n) is 34.8. The Balaban J connectivity index is 0.957. The van der Waals surface area contributed by atoms with Crippen LogP contribution >= 0.6 is 11.6 Å². The fourth-order valence-corrected chi connectivity index (χ4v) is 10.6. The second kappa shape index (κ2) is 17.8. The van der Waals surface area contributed by atoms with Gasteiger partial charge < -0.3 is 35.3 Å². The summed E-state index contributed by atoms with van der Waals surface area (Å²) in [6.45, 7) is 5.37. The first-order valence-corrected chi connectivity index (χ1v) is 22.0. The number of aliphatic carboxylic acids is 2. The predicted octanol–water partition coefficient (Wildman–Crippen LogP) is 9.78. The number of benzene rings is 3. The zero-order valence-corrected chi connectivity index (χ0v) is 35.6. The van der Waals surface area contributed by atoms with Crippen LogP contribution in [0, 0.1) is 11.8 Å². The molecule has 0 radical (unpaired) electrons. The highest BCUT2D eigenvalue weighted by molar-refractivity contribution is 6.30. The quantitative estimate of drug-likeness (QED) is 0.0609. The van der Waals surface area contributed by atoms with Gasteiger partial charge in [-0.3, -0.25) is 9.78 Å². The smallest absolute Gasteiger partial charge is 0.330 e. The van der Waals surface area contributed by atoms with E-state index in [0.717, 1.165) is 54.5 Å². The second-order valence-corrected chi connectivity index (χ2v) is 18.1. The number of carboxylic acids is 2. The largest absolute Gasteiger partial charge is 0.494 e. The molecule has 2 heterocycles. The molecule has 0 aliphatic heterocycles. The molecule has 2 aromatic heterocycles. The Morgan fingerprint density at radius 3 is 2.62 bits per heavy atom. The van der Waals surface area contributed by atoms with Gasteiger partial charge in [-0.25, -0.2) is 9.59 Å². The molecule has 3 aliphatic rings. The molecule has 1 spiro atoms. The van der Waals surface area contributed by atoms with Crippen molar-refractivity contribution in [2.75, 3.05) is 18.5 Å². The van der Waals surface area contributed by atoms with Gasteiger partial charge in [-0.2, -0.15) is 0 Å². The summed E-state index contributed by atoms with van der Waals surface area (Å²) in [5, 5.41) is 28.1. The standard InChI is InChI=1S/C49H55ClN4O7/c1-30(29-61-42-16-22-52-41-9-3-6-31(2)44(41)42)24-35-26-32-11-13-38(60-23-5-10-43(55)53-45(46(56)57)34-12-14-40-33(25-34)15-21-51-40)28-39(32)48(35)17-19-49(20-18-48,47(58)59)54-37-8-4-7-36(50)27-37/h4,7-8,11-16,21-22,25,27-28,30-31,35,45,51,54H,3,5-6,9-10,17-20,23-24,26,29H2,1-2H3,(H,53,55)(H,56,57)(H,58,59)/t30-,31-,35+,45-,48?,49?/m1/s1. The number of carboxylic acid groups (broad SMARTS) is 2. The molecule has 8 rings (SSSR count). The number of nitrogens with zero attached hydrogens (tertiary/aromatic N) is 1. The van der Waals surface area contributed by atoms with Crippen LogP contribution in [-0.2, 0) is 32.6 Å². The highest BCUT2D eigenvalue weighted by Crippen LogP contribution is 2.57. The van der Waals surface area contributed by atoms with Gasteiger partial charge in [-0.1, -0.05) is 43.6 Å². The van der Waals surface area contributed by atoms with Gasteiger partial charge in [-0.05, 0) is 164 Å². The normalized spacial score (nSPS) is 22.8. The summed E-state index contributed by atoms with van der Waals surface area (Å²) in [5.74, 6) is 0.206. The SMILES string of the molecule is C[C@@H](COc1ccnc2c1[C@H](C)CCC2)C[C@H]1Cc2ccc(OCCCC(=O)N[C@@H](C(=O)O)c3ccc4[nH]ccc4c3)cc2C12CCC(Nc1cccc(Cl)c1)(C(=O)O)CC2. The number of hydrogen-bond acceptors (Lipinski definition) is 7. The fourth-order valence-electron chi connectivity index (χ4n) is 10.4. The van der Waals surface area contributed by atoms with Crippen LogP contribution < -0.4 is 20.1 Å². The maximum Gasteiger partial charge on any atom is 0.330 e. The van der Waals surface area contributed by atoms with E-state index in [9.17, 15) is 24.6 Å². The summed E-state index contributed by atoms with van der Waals surface area (Å²) in [6, 6.07) is 21.5. The van der Waals surface area contributed by atoms with Crippen LogP contribution in [0.4, 0.5) is 5.69 Å². The Hall–Kier alpha value is -5.55. The van der Waals surface area contributed by atoms with E-state index < -0.39 is 23.5 Å². The first-order chi connectivity index (χ1) is 29.4. The zero-order chi connectivity index (χ0) is 42.7. The molecule has 4 atom stereocenters. The predicted molar refractivity (Wildman–Crippen MR) is 236 cm³/mol. The van der Waals surface area contributed by atoms with Crippen molar-refractivity contribution in [2.24, 2.45) is 11.8 Å². The average Bonchev–Trinajstić information content (AvgIpc) is 3.83. The molecule has 0 bridgehead atoms. The first-order valence-electron chi connectivity index (χ1n) is 21.7. The minimum Gasteiger partial charge on any atom is -0.494 e. The van der Waals surface area contributed by atoms with Gasteiger partial charge in [0.05, 0.1) is 13.2 Å².